The average Bonchev–Trinajstić information content (AvgIpc) is 2.53. The van der Waals surface area contributed by atoms with Gasteiger partial charge in [-0.05, 0) is 49.1 Å². The van der Waals surface area contributed by atoms with Crippen molar-refractivity contribution in [3.8, 4) is 5.75 Å². The van der Waals surface area contributed by atoms with Gasteiger partial charge in [0.2, 0.25) is 0 Å². The van der Waals surface area contributed by atoms with Crippen LogP contribution in [0.3, 0.4) is 0 Å². The van der Waals surface area contributed by atoms with Gasteiger partial charge in [0, 0.05) is 11.8 Å². The number of aromatic nitrogens is 1. The molecule has 6 heteroatoms. The van der Waals surface area contributed by atoms with Crippen molar-refractivity contribution in [2.75, 3.05) is 0 Å². The Balaban J connectivity index is 1.80. The molecule has 1 amide bonds. The Kier molecular flexibility index (Phi) is 4.25. The molecule has 23 heavy (non-hydrogen) atoms. The minimum Gasteiger partial charge on any atom is -0.505 e. The number of hydrogen-bond donors (Lipinski definition) is 3. The number of phenolic OH excluding ortho intramolecular Hbond substituents is 1. The lowest BCUT2D eigenvalue weighted by Crippen LogP contribution is -2.41. The summed E-state index contributed by atoms with van der Waals surface area (Å²) in [5, 5.41) is 21.6. The van der Waals surface area contributed by atoms with E-state index in [-0.39, 0.29) is 23.6 Å². The second kappa shape index (κ2) is 6.34. The first-order valence-corrected chi connectivity index (χ1v) is 7.43. The summed E-state index contributed by atoms with van der Waals surface area (Å²) in [5.74, 6) is -1.69. The first-order chi connectivity index (χ1) is 11.0. The summed E-state index contributed by atoms with van der Waals surface area (Å²) < 4.78 is 13.4. The number of nitrogens with zero attached hydrogens (tertiary/aromatic N) is 1. The van der Waals surface area contributed by atoms with Gasteiger partial charge in [-0.15, -0.1) is 0 Å². The molecule has 0 unspecified atom stereocenters. The Bertz CT molecular complexity index is 702. The zero-order chi connectivity index (χ0) is 16.4. The van der Waals surface area contributed by atoms with Crippen LogP contribution in [0.1, 0.15) is 34.9 Å². The van der Waals surface area contributed by atoms with Crippen LogP contribution in [0.5, 0.6) is 5.75 Å². The van der Waals surface area contributed by atoms with Crippen molar-refractivity contribution in [3.63, 3.8) is 0 Å². The lowest BCUT2D eigenvalue weighted by Gasteiger charge is -2.37. The number of hydrogen-bond acceptors (Lipinski definition) is 4. The number of aliphatic hydroxyl groups excluding tert-OH is 1. The summed E-state index contributed by atoms with van der Waals surface area (Å²) >= 11 is 0. The van der Waals surface area contributed by atoms with Crippen LogP contribution in [0.4, 0.5) is 4.39 Å². The van der Waals surface area contributed by atoms with Gasteiger partial charge in [-0.25, -0.2) is 4.39 Å². The molecule has 1 aromatic heterocycles. The number of nitrogens with one attached hydrogen (secondary N) is 1. The van der Waals surface area contributed by atoms with Crippen LogP contribution >= 0.6 is 0 Å². The number of phenols is 1. The summed E-state index contributed by atoms with van der Waals surface area (Å²) in [6.45, 7) is 0. The maximum absolute atomic E-state index is 13.4. The van der Waals surface area contributed by atoms with Crippen molar-refractivity contribution >= 4 is 5.91 Å². The van der Waals surface area contributed by atoms with Crippen molar-refractivity contribution in [1.29, 1.82) is 0 Å². The third-order valence-electron chi connectivity index (χ3n) is 4.12. The van der Waals surface area contributed by atoms with E-state index in [0.29, 0.717) is 18.5 Å². The maximum Gasteiger partial charge on any atom is 0.251 e. The van der Waals surface area contributed by atoms with Gasteiger partial charge in [-0.1, -0.05) is 6.07 Å². The number of carbonyl (C=O) groups excluding carboxylic acids is 1. The van der Waals surface area contributed by atoms with Gasteiger partial charge in [0.05, 0.1) is 17.8 Å². The van der Waals surface area contributed by atoms with Gasteiger partial charge in [0.15, 0.2) is 11.6 Å². The molecule has 5 nitrogen and oxygen atoms in total. The van der Waals surface area contributed by atoms with Crippen LogP contribution in [0.25, 0.3) is 0 Å². The molecule has 1 saturated carbocycles. The second-order valence-electron chi connectivity index (χ2n) is 5.76. The number of rotatable bonds is 4. The predicted octanol–water partition coefficient (Wildman–Crippen LogP) is 2.17. The maximum atomic E-state index is 13.4. The number of pyridine rings is 1. The molecule has 1 atom stereocenters. The zero-order valence-electron chi connectivity index (χ0n) is 12.3. The molecule has 1 aliphatic carbocycles. The summed E-state index contributed by atoms with van der Waals surface area (Å²) in [6, 6.07) is 8.59. The van der Waals surface area contributed by atoms with Crippen molar-refractivity contribution < 1.29 is 19.4 Å². The number of amides is 1. The molecule has 3 N–H and O–H groups in total. The minimum absolute atomic E-state index is 0.0887. The highest BCUT2D eigenvalue weighted by atomic mass is 19.1. The van der Waals surface area contributed by atoms with E-state index in [4.69, 9.17) is 0 Å². The molecular weight excluding hydrogens is 299 g/mol. The fourth-order valence-electron chi connectivity index (χ4n) is 2.77. The Morgan fingerprint density at radius 3 is 2.70 bits per heavy atom. The molecule has 0 radical (unpaired) electrons. The van der Waals surface area contributed by atoms with E-state index < -0.39 is 17.5 Å². The van der Waals surface area contributed by atoms with E-state index in [0.717, 1.165) is 12.1 Å². The van der Waals surface area contributed by atoms with Gasteiger partial charge in [-0.2, -0.15) is 0 Å². The molecule has 3 rings (SSSR count). The van der Waals surface area contributed by atoms with Crippen molar-refractivity contribution in [2.45, 2.75) is 25.0 Å². The van der Waals surface area contributed by atoms with E-state index >= 15 is 0 Å². The van der Waals surface area contributed by atoms with Crippen LogP contribution in [-0.4, -0.2) is 27.2 Å². The van der Waals surface area contributed by atoms with E-state index in [1.807, 2.05) is 12.1 Å². The quantitative estimate of drug-likeness (QED) is 0.807. The first-order valence-electron chi connectivity index (χ1n) is 7.43. The lowest BCUT2D eigenvalue weighted by molar-refractivity contribution is 0.0228. The highest BCUT2D eigenvalue weighted by Crippen LogP contribution is 2.37. The SMILES string of the molecule is O=C(N[C@H](c1ccccn1)C1CC(O)C1)c1ccc(O)c(F)c1. The molecule has 1 aromatic carbocycles. The third-order valence-corrected chi connectivity index (χ3v) is 4.12. The van der Waals surface area contributed by atoms with Gasteiger partial charge in [0.1, 0.15) is 0 Å². The van der Waals surface area contributed by atoms with Gasteiger partial charge >= 0.3 is 0 Å². The number of aromatic hydroxyl groups is 1. The predicted molar refractivity (Wildman–Crippen MR) is 81.2 cm³/mol. The third kappa shape index (κ3) is 3.32. The van der Waals surface area contributed by atoms with Crippen LogP contribution in [0, 0.1) is 11.7 Å². The first kappa shape index (κ1) is 15.4. The van der Waals surface area contributed by atoms with E-state index in [1.54, 1.807) is 12.3 Å². The molecule has 0 bridgehead atoms. The normalized spacial score (nSPS) is 21.3. The van der Waals surface area contributed by atoms with Crippen LogP contribution in [0.15, 0.2) is 42.6 Å². The molecular formula is C17H17FN2O3. The number of halogens is 1. The standard InChI is InChI=1S/C17H17FN2O3/c18-13-9-10(4-5-15(13)22)17(23)20-16(11-7-12(21)8-11)14-3-1-2-6-19-14/h1-6,9,11-12,16,21-22H,7-8H2,(H,20,23)/t11?,12?,16-/m0/s1. The molecule has 0 saturated heterocycles. The topological polar surface area (TPSA) is 82.5 Å². The largest absolute Gasteiger partial charge is 0.505 e. The number of carbonyl (C=O) groups is 1. The fourth-order valence-corrected chi connectivity index (χ4v) is 2.77. The Morgan fingerprint density at radius 1 is 1.30 bits per heavy atom. The van der Waals surface area contributed by atoms with Crippen LogP contribution < -0.4 is 5.32 Å². The monoisotopic (exact) mass is 316 g/mol. The van der Waals surface area contributed by atoms with Crippen molar-refractivity contribution in [1.82, 2.24) is 10.3 Å². The fraction of sp³-hybridized carbons (Fsp3) is 0.294. The van der Waals surface area contributed by atoms with Crippen molar-refractivity contribution in [2.24, 2.45) is 5.92 Å². The summed E-state index contributed by atoms with van der Waals surface area (Å²) in [6.07, 6.45) is 2.47. The molecule has 1 aliphatic rings. The summed E-state index contributed by atoms with van der Waals surface area (Å²) in [4.78, 5) is 16.6. The molecule has 0 aliphatic heterocycles. The smallest absolute Gasteiger partial charge is 0.251 e. The molecule has 0 spiro atoms. The highest BCUT2D eigenvalue weighted by Gasteiger charge is 2.36. The Hall–Kier alpha value is -2.47. The lowest BCUT2D eigenvalue weighted by atomic mass is 9.76. The summed E-state index contributed by atoms with van der Waals surface area (Å²) in [5.41, 5.74) is 0.832. The average molecular weight is 316 g/mol. The minimum atomic E-state index is -0.842. The van der Waals surface area contributed by atoms with Crippen LogP contribution in [-0.2, 0) is 0 Å². The van der Waals surface area contributed by atoms with E-state index in [9.17, 15) is 19.4 Å². The molecule has 120 valence electrons. The number of benzene rings is 1. The van der Waals surface area contributed by atoms with Gasteiger partial charge in [0.25, 0.3) is 5.91 Å². The van der Waals surface area contributed by atoms with Gasteiger partial charge in [-0.3, -0.25) is 9.78 Å². The molecule has 2 aromatic rings. The van der Waals surface area contributed by atoms with E-state index in [1.165, 1.54) is 6.07 Å². The molecule has 1 heterocycles. The summed E-state index contributed by atoms with van der Waals surface area (Å²) in [7, 11) is 0. The second-order valence-corrected chi connectivity index (χ2v) is 5.76. The Morgan fingerprint density at radius 2 is 2.09 bits per heavy atom. The zero-order valence-corrected chi connectivity index (χ0v) is 12.3. The van der Waals surface area contributed by atoms with Crippen LogP contribution in [0.2, 0.25) is 0 Å². The van der Waals surface area contributed by atoms with Crippen molar-refractivity contribution in [3.05, 3.63) is 59.7 Å². The number of aliphatic hydroxyl groups is 1. The van der Waals surface area contributed by atoms with Gasteiger partial charge < -0.3 is 15.5 Å². The highest BCUT2D eigenvalue weighted by molar-refractivity contribution is 5.94. The Labute approximate surface area is 132 Å². The van der Waals surface area contributed by atoms with E-state index in [2.05, 4.69) is 10.3 Å². The molecule has 1 fully saturated rings.